The van der Waals surface area contributed by atoms with E-state index in [0.29, 0.717) is 5.56 Å². The van der Waals surface area contributed by atoms with Crippen molar-refractivity contribution in [3.8, 4) is 0 Å². The molecule has 0 saturated carbocycles. The minimum Gasteiger partial charge on any atom is -0.269 e. The SMILES string of the molecule is CN1OS(=O)OC(Cc2ccccc2)(c2ccccc2)C1=O. The molecule has 22 heavy (non-hydrogen) atoms. The number of carbonyl (C=O) groups is 1. The van der Waals surface area contributed by atoms with Crippen LogP contribution in [0.1, 0.15) is 11.1 Å². The summed E-state index contributed by atoms with van der Waals surface area (Å²) < 4.78 is 22.2. The van der Waals surface area contributed by atoms with Crippen LogP contribution in [0.4, 0.5) is 0 Å². The Hall–Kier alpha value is -2.02. The van der Waals surface area contributed by atoms with E-state index < -0.39 is 17.0 Å². The van der Waals surface area contributed by atoms with E-state index in [2.05, 4.69) is 0 Å². The Morgan fingerprint density at radius 3 is 2.27 bits per heavy atom. The van der Waals surface area contributed by atoms with Gasteiger partial charge in [0.05, 0.1) is 0 Å². The molecule has 114 valence electrons. The van der Waals surface area contributed by atoms with Crippen molar-refractivity contribution in [2.75, 3.05) is 7.05 Å². The van der Waals surface area contributed by atoms with Gasteiger partial charge in [-0.25, -0.2) is 9.25 Å². The first-order valence-electron chi connectivity index (χ1n) is 6.79. The molecule has 1 saturated heterocycles. The Bertz CT molecular complexity index is 692. The third kappa shape index (κ3) is 2.68. The molecular formula is C16H15NO4S. The Labute approximate surface area is 131 Å². The van der Waals surface area contributed by atoms with Crippen molar-refractivity contribution in [1.82, 2.24) is 5.06 Å². The van der Waals surface area contributed by atoms with Gasteiger partial charge in [0.2, 0.25) is 0 Å². The molecule has 0 bridgehead atoms. The van der Waals surface area contributed by atoms with Crippen LogP contribution >= 0.6 is 0 Å². The van der Waals surface area contributed by atoms with E-state index >= 15 is 0 Å². The lowest BCUT2D eigenvalue weighted by Crippen LogP contribution is -2.53. The maximum atomic E-state index is 12.7. The molecule has 0 radical (unpaired) electrons. The van der Waals surface area contributed by atoms with Crippen molar-refractivity contribution in [1.29, 1.82) is 0 Å². The van der Waals surface area contributed by atoms with Crippen molar-refractivity contribution in [3.63, 3.8) is 0 Å². The van der Waals surface area contributed by atoms with E-state index in [-0.39, 0.29) is 12.3 Å². The Balaban J connectivity index is 2.09. The van der Waals surface area contributed by atoms with Gasteiger partial charge in [0.15, 0.2) is 5.60 Å². The highest BCUT2D eigenvalue weighted by Gasteiger charge is 2.50. The molecule has 0 N–H and O–H groups in total. The number of benzene rings is 2. The molecule has 1 aliphatic heterocycles. The predicted molar refractivity (Wildman–Crippen MR) is 81.3 cm³/mol. The van der Waals surface area contributed by atoms with Gasteiger partial charge in [-0.05, 0) is 11.1 Å². The number of amides is 1. The van der Waals surface area contributed by atoms with Crippen molar-refractivity contribution < 1.29 is 17.5 Å². The lowest BCUT2D eigenvalue weighted by molar-refractivity contribution is -0.183. The zero-order valence-corrected chi connectivity index (χ0v) is 12.8. The molecule has 5 nitrogen and oxygen atoms in total. The summed E-state index contributed by atoms with van der Waals surface area (Å²) in [5.41, 5.74) is 0.194. The number of nitrogens with zero attached hydrogens (tertiary/aromatic N) is 1. The largest absolute Gasteiger partial charge is 0.329 e. The highest BCUT2D eigenvalue weighted by molar-refractivity contribution is 7.75. The van der Waals surface area contributed by atoms with Gasteiger partial charge in [-0.3, -0.25) is 4.79 Å². The third-order valence-electron chi connectivity index (χ3n) is 3.55. The van der Waals surface area contributed by atoms with Crippen LogP contribution in [0.15, 0.2) is 60.7 Å². The summed E-state index contributed by atoms with van der Waals surface area (Å²) in [6.45, 7) is 0. The Kier molecular flexibility index (Phi) is 4.06. The summed E-state index contributed by atoms with van der Waals surface area (Å²) in [6, 6.07) is 18.5. The Morgan fingerprint density at radius 2 is 1.64 bits per heavy atom. The van der Waals surface area contributed by atoms with Gasteiger partial charge in [0, 0.05) is 13.5 Å². The van der Waals surface area contributed by atoms with Gasteiger partial charge in [0.1, 0.15) is 0 Å². The first kappa shape index (κ1) is 14.9. The summed E-state index contributed by atoms with van der Waals surface area (Å²) in [6.07, 6.45) is 0.274. The molecule has 2 aromatic carbocycles. The summed E-state index contributed by atoms with van der Waals surface area (Å²) in [5.74, 6) is -0.387. The number of hydrogen-bond acceptors (Lipinski definition) is 4. The number of hydrogen-bond donors (Lipinski definition) is 0. The number of likely N-dealkylation sites (N-methyl/N-ethyl adjacent to an activating group) is 1. The molecule has 0 aliphatic carbocycles. The fourth-order valence-corrected chi connectivity index (χ4v) is 3.26. The molecule has 0 aromatic heterocycles. The lowest BCUT2D eigenvalue weighted by atomic mass is 9.86. The predicted octanol–water partition coefficient (Wildman–Crippen LogP) is 2.12. The fourth-order valence-electron chi connectivity index (χ4n) is 2.52. The van der Waals surface area contributed by atoms with Crippen molar-refractivity contribution in [2.45, 2.75) is 12.0 Å². The summed E-state index contributed by atoms with van der Waals surface area (Å²) in [7, 11) is 1.44. The second kappa shape index (κ2) is 6.00. The van der Waals surface area contributed by atoms with E-state index in [4.69, 9.17) is 8.47 Å². The number of rotatable bonds is 3. The highest BCUT2D eigenvalue weighted by atomic mass is 32.2. The van der Waals surface area contributed by atoms with Gasteiger partial charge >= 0.3 is 11.4 Å². The second-order valence-electron chi connectivity index (χ2n) is 5.02. The fraction of sp³-hybridized carbons (Fsp3) is 0.188. The van der Waals surface area contributed by atoms with Gasteiger partial charge in [-0.1, -0.05) is 60.7 Å². The molecule has 2 atom stereocenters. The molecule has 1 aliphatic rings. The Morgan fingerprint density at radius 1 is 1.05 bits per heavy atom. The highest BCUT2D eigenvalue weighted by Crippen LogP contribution is 2.36. The van der Waals surface area contributed by atoms with Crippen LogP contribution in [0.5, 0.6) is 0 Å². The first-order chi connectivity index (χ1) is 10.6. The van der Waals surface area contributed by atoms with E-state index in [0.717, 1.165) is 10.6 Å². The molecule has 3 rings (SSSR count). The van der Waals surface area contributed by atoms with Gasteiger partial charge in [-0.15, -0.1) is 4.28 Å². The molecule has 6 heteroatoms. The van der Waals surface area contributed by atoms with Crippen LogP contribution in [0, 0.1) is 0 Å². The minimum absolute atomic E-state index is 0.274. The standard InChI is InChI=1S/C16H15NO4S/c1-17-15(18)16(20-22(19)21-17,14-10-6-3-7-11-14)12-13-8-4-2-5-9-13/h2-11H,12H2,1H3. The van der Waals surface area contributed by atoms with E-state index in [9.17, 15) is 9.00 Å². The normalized spacial score (nSPS) is 25.2. The van der Waals surface area contributed by atoms with Gasteiger partial charge in [0.25, 0.3) is 5.91 Å². The van der Waals surface area contributed by atoms with Crippen molar-refractivity contribution >= 4 is 17.3 Å². The average molecular weight is 317 g/mol. The second-order valence-corrected chi connectivity index (χ2v) is 5.74. The number of hydroxylamine groups is 2. The quantitative estimate of drug-likeness (QED) is 0.870. The minimum atomic E-state index is -2.03. The third-order valence-corrected chi connectivity index (χ3v) is 4.32. The zero-order valence-electron chi connectivity index (χ0n) is 12.0. The molecule has 1 fully saturated rings. The average Bonchev–Trinajstić information content (AvgIpc) is 2.54. The van der Waals surface area contributed by atoms with Gasteiger partial charge < -0.3 is 0 Å². The van der Waals surface area contributed by atoms with Crippen LogP contribution in [-0.4, -0.2) is 22.2 Å². The molecule has 1 amide bonds. The van der Waals surface area contributed by atoms with Crippen LogP contribution < -0.4 is 0 Å². The molecule has 1 heterocycles. The van der Waals surface area contributed by atoms with E-state index in [1.807, 2.05) is 48.5 Å². The van der Waals surface area contributed by atoms with E-state index in [1.165, 1.54) is 7.05 Å². The zero-order chi connectivity index (χ0) is 15.6. The van der Waals surface area contributed by atoms with Crippen LogP contribution in [0.2, 0.25) is 0 Å². The molecule has 0 spiro atoms. The summed E-state index contributed by atoms with van der Waals surface area (Å²) in [4.78, 5) is 12.7. The van der Waals surface area contributed by atoms with Crippen molar-refractivity contribution in [3.05, 3.63) is 71.8 Å². The van der Waals surface area contributed by atoms with Crippen molar-refractivity contribution in [2.24, 2.45) is 0 Å². The number of carbonyl (C=O) groups excluding carboxylic acids is 1. The molecule has 2 aromatic rings. The lowest BCUT2D eigenvalue weighted by Gasteiger charge is -2.37. The summed E-state index contributed by atoms with van der Waals surface area (Å²) >= 11 is -2.03. The molecular weight excluding hydrogens is 302 g/mol. The monoisotopic (exact) mass is 317 g/mol. The van der Waals surface area contributed by atoms with Crippen LogP contribution in [0.3, 0.4) is 0 Å². The summed E-state index contributed by atoms with van der Waals surface area (Å²) in [5, 5.41) is 0.982. The smallest absolute Gasteiger partial charge is 0.269 e. The van der Waals surface area contributed by atoms with Crippen LogP contribution in [0.25, 0.3) is 0 Å². The van der Waals surface area contributed by atoms with Crippen LogP contribution in [-0.2, 0) is 36.6 Å². The maximum Gasteiger partial charge on any atom is 0.329 e. The van der Waals surface area contributed by atoms with E-state index in [1.54, 1.807) is 12.1 Å². The maximum absolute atomic E-state index is 12.7. The van der Waals surface area contributed by atoms with Gasteiger partial charge in [-0.2, -0.15) is 4.21 Å². The first-order valence-corrected chi connectivity index (χ1v) is 7.79. The molecule has 2 unspecified atom stereocenters. The topological polar surface area (TPSA) is 55.8 Å².